The molecule has 7 heteroatoms. The number of benzene rings is 3. The van der Waals surface area contributed by atoms with E-state index in [1.807, 2.05) is 54.7 Å². The van der Waals surface area contributed by atoms with Crippen molar-refractivity contribution in [2.24, 2.45) is 0 Å². The smallest absolute Gasteiger partial charge is 0.253 e. The molecule has 158 valence electrons. The summed E-state index contributed by atoms with van der Waals surface area (Å²) in [5.41, 5.74) is 4.03. The highest BCUT2D eigenvalue weighted by atomic mass is 32.2. The summed E-state index contributed by atoms with van der Waals surface area (Å²) in [6.07, 6.45) is 2.99. The van der Waals surface area contributed by atoms with Crippen molar-refractivity contribution >= 4 is 32.5 Å². The number of carbonyl (C=O) groups is 1. The Labute approximate surface area is 181 Å². The molecule has 0 atom stereocenters. The number of aromatic nitrogens is 1. The molecule has 4 rings (SSSR count). The van der Waals surface area contributed by atoms with Gasteiger partial charge < -0.3 is 9.88 Å². The zero-order valence-corrected chi connectivity index (χ0v) is 17.9. The van der Waals surface area contributed by atoms with Crippen LogP contribution < -0.4 is 10.0 Å². The summed E-state index contributed by atoms with van der Waals surface area (Å²) in [7, 11) is -3.36. The van der Waals surface area contributed by atoms with Crippen LogP contribution in [0.3, 0.4) is 0 Å². The molecule has 2 N–H and O–H groups in total. The predicted octanol–water partition coefficient (Wildman–Crippen LogP) is 3.99. The largest absolute Gasteiger partial charge is 0.348 e. The third kappa shape index (κ3) is 5.13. The van der Waals surface area contributed by atoms with E-state index in [1.165, 1.54) is 0 Å². The van der Waals surface area contributed by atoms with Crippen molar-refractivity contribution in [1.82, 2.24) is 9.88 Å². The Morgan fingerprint density at radius 2 is 1.61 bits per heavy atom. The van der Waals surface area contributed by atoms with E-state index in [2.05, 4.69) is 26.7 Å². The molecule has 0 radical (unpaired) electrons. The lowest BCUT2D eigenvalue weighted by Gasteiger charge is -2.08. The van der Waals surface area contributed by atoms with Crippen LogP contribution in [0.1, 0.15) is 21.5 Å². The zero-order chi connectivity index (χ0) is 21.8. The van der Waals surface area contributed by atoms with Crippen LogP contribution in [-0.4, -0.2) is 25.1 Å². The van der Waals surface area contributed by atoms with Crippen molar-refractivity contribution in [3.05, 3.63) is 102 Å². The SMILES string of the molecule is CS(=O)(=O)Nc1cccc(CNC(=O)c2cn(Cc3ccccc3)c3ccccc23)c1. The Morgan fingerprint density at radius 3 is 2.39 bits per heavy atom. The van der Waals surface area contributed by atoms with Crippen molar-refractivity contribution in [1.29, 1.82) is 0 Å². The Kier molecular flexibility index (Phi) is 5.77. The average Bonchev–Trinajstić information content (AvgIpc) is 3.10. The molecule has 1 aromatic heterocycles. The molecule has 6 nitrogen and oxygen atoms in total. The first-order valence-corrected chi connectivity index (χ1v) is 11.7. The summed E-state index contributed by atoms with van der Waals surface area (Å²) in [5.74, 6) is -0.176. The lowest BCUT2D eigenvalue weighted by atomic mass is 10.1. The second-order valence-electron chi connectivity index (χ2n) is 7.43. The fraction of sp³-hybridized carbons (Fsp3) is 0.125. The Hall–Kier alpha value is -3.58. The number of hydrogen-bond acceptors (Lipinski definition) is 3. The van der Waals surface area contributed by atoms with E-state index in [9.17, 15) is 13.2 Å². The van der Waals surface area contributed by atoms with Gasteiger partial charge >= 0.3 is 0 Å². The summed E-state index contributed by atoms with van der Waals surface area (Å²) in [6, 6.07) is 24.9. The Bertz CT molecular complexity index is 1330. The van der Waals surface area contributed by atoms with Crippen LogP contribution in [0.5, 0.6) is 0 Å². The molecule has 4 aromatic rings. The van der Waals surface area contributed by atoms with Gasteiger partial charge in [-0.1, -0.05) is 60.7 Å². The van der Waals surface area contributed by atoms with Gasteiger partial charge in [-0.25, -0.2) is 8.42 Å². The molecule has 0 aliphatic heterocycles. The third-order valence-electron chi connectivity index (χ3n) is 4.91. The quantitative estimate of drug-likeness (QED) is 0.462. The number of amides is 1. The molecule has 0 spiro atoms. The van der Waals surface area contributed by atoms with Gasteiger partial charge in [0.05, 0.1) is 11.8 Å². The first-order chi connectivity index (χ1) is 14.9. The number of carbonyl (C=O) groups excluding carboxylic acids is 1. The summed E-state index contributed by atoms with van der Waals surface area (Å²) in [5, 5.41) is 3.84. The van der Waals surface area contributed by atoms with Crippen LogP contribution in [0.2, 0.25) is 0 Å². The second-order valence-corrected chi connectivity index (χ2v) is 9.18. The molecule has 0 unspecified atom stereocenters. The van der Waals surface area contributed by atoms with E-state index in [0.29, 0.717) is 17.8 Å². The van der Waals surface area contributed by atoms with E-state index in [0.717, 1.165) is 28.3 Å². The van der Waals surface area contributed by atoms with Crippen molar-refractivity contribution in [3.63, 3.8) is 0 Å². The van der Waals surface area contributed by atoms with Crippen LogP contribution >= 0.6 is 0 Å². The average molecular weight is 434 g/mol. The van der Waals surface area contributed by atoms with Gasteiger partial charge in [0.15, 0.2) is 0 Å². The second kappa shape index (κ2) is 8.65. The maximum Gasteiger partial charge on any atom is 0.253 e. The Balaban J connectivity index is 1.54. The number of nitrogens with zero attached hydrogens (tertiary/aromatic N) is 1. The Morgan fingerprint density at radius 1 is 0.903 bits per heavy atom. The molecule has 0 bridgehead atoms. The molecular formula is C24H23N3O3S. The van der Waals surface area contributed by atoms with E-state index in [-0.39, 0.29) is 12.5 Å². The molecule has 0 saturated heterocycles. The maximum absolute atomic E-state index is 13.0. The third-order valence-corrected chi connectivity index (χ3v) is 5.52. The fourth-order valence-electron chi connectivity index (χ4n) is 3.58. The highest BCUT2D eigenvalue weighted by Gasteiger charge is 2.15. The number of hydrogen-bond donors (Lipinski definition) is 2. The summed E-state index contributed by atoms with van der Waals surface area (Å²) in [4.78, 5) is 13.0. The molecule has 0 saturated carbocycles. The van der Waals surface area contributed by atoms with Gasteiger partial charge in [-0.3, -0.25) is 9.52 Å². The molecule has 1 heterocycles. The van der Waals surface area contributed by atoms with Crippen molar-refractivity contribution in [2.75, 3.05) is 11.0 Å². The van der Waals surface area contributed by atoms with Crippen LogP contribution in [0.25, 0.3) is 10.9 Å². The number of sulfonamides is 1. The van der Waals surface area contributed by atoms with E-state index >= 15 is 0 Å². The number of nitrogens with one attached hydrogen (secondary N) is 2. The molecule has 31 heavy (non-hydrogen) atoms. The number of rotatable bonds is 7. The van der Waals surface area contributed by atoms with Gasteiger partial charge in [-0.15, -0.1) is 0 Å². The summed E-state index contributed by atoms with van der Waals surface area (Å²) < 4.78 is 27.4. The molecule has 0 aliphatic rings. The minimum Gasteiger partial charge on any atom is -0.348 e. The van der Waals surface area contributed by atoms with Gasteiger partial charge in [-0.05, 0) is 29.3 Å². The first kappa shape index (κ1) is 20.7. The monoisotopic (exact) mass is 433 g/mol. The summed E-state index contributed by atoms with van der Waals surface area (Å²) in [6.45, 7) is 0.962. The minimum atomic E-state index is -3.36. The van der Waals surface area contributed by atoms with E-state index in [4.69, 9.17) is 0 Å². The highest BCUT2D eigenvalue weighted by Crippen LogP contribution is 2.23. The van der Waals surface area contributed by atoms with E-state index < -0.39 is 10.0 Å². The van der Waals surface area contributed by atoms with Gasteiger partial charge in [0, 0.05) is 35.9 Å². The van der Waals surface area contributed by atoms with Crippen LogP contribution in [0, 0.1) is 0 Å². The van der Waals surface area contributed by atoms with Crippen LogP contribution in [0.4, 0.5) is 5.69 Å². The normalized spacial score (nSPS) is 11.4. The molecule has 0 fully saturated rings. The molecule has 3 aromatic carbocycles. The standard InChI is InChI=1S/C24H23N3O3S/c1-31(29,30)26-20-11-7-10-19(14-20)15-25-24(28)22-17-27(16-18-8-3-2-4-9-18)23-13-6-5-12-21(22)23/h2-14,17,26H,15-16H2,1H3,(H,25,28). The predicted molar refractivity (Wildman–Crippen MR) is 124 cm³/mol. The zero-order valence-electron chi connectivity index (χ0n) is 17.1. The minimum absolute atomic E-state index is 0.176. The molecule has 1 amide bonds. The van der Waals surface area contributed by atoms with Crippen molar-refractivity contribution in [2.45, 2.75) is 13.1 Å². The van der Waals surface area contributed by atoms with E-state index in [1.54, 1.807) is 18.2 Å². The number of fused-ring (bicyclic) bond motifs is 1. The molecule has 0 aliphatic carbocycles. The van der Waals surface area contributed by atoms with Gasteiger partial charge in [0.25, 0.3) is 5.91 Å². The van der Waals surface area contributed by atoms with Crippen molar-refractivity contribution < 1.29 is 13.2 Å². The topological polar surface area (TPSA) is 80.2 Å². The van der Waals surface area contributed by atoms with Gasteiger partial charge in [0.1, 0.15) is 0 Å². The van der Waals surface area contributed by atoms with Crippen LogP contribution in [-0.2, 0) is 23.1 Å². The highest BCUT2D eigenvalue weighted by molar-refractivity contribution is 7.92. The lowest BCUT2D eigenvalue weighted by molar-refractivity contribution is 0.0952. The summed E-state index contributed by atoms with van der Waals surface area (Å²) >= 11 is 0. The first-order valence-electron chi connectivity index (χ1n) is 9.86. The maximum atomic E-state index is 13.0. The lowest BCUT2D eigenvalue weighted by Crippen LogP contribution is -2.22. The van der Waals surface area contributed by atoms with Crippen LogP contribution in [0.15, 0.2) is 85.1 Å². The van der Waals surface area contributed by atoms with Crippen molar-refractivity contribution in [3.8, 4) is 0 Å². The number of para-hydroxylation sites is 1. The molecular weight excluding hydrogens is 410 g/mol. The fourth-order valence-corrected chi connectivity index (χ4v) is 4.13. The van der Waals surface area contributed by atoms with Gasteiger partial charge in [-0.2, -0.15) is 0 Å². The number of anilines is 1. The van der Waals surface area contributed by atoms with Gasteiger partial charge in [0.2, 0.25) is 10.0 Å².